The van der Waals surface area contributed by atoms with E-state index in [-0.39, 0.29) is 0 Å². The van der Waals surface area contributed by atoms with Crippen molar-refractivity contribution in [2.45, 2.75) is 61.0 Å². The molecule has 174 valence electrons. The number of hydrogen-bond donors (Lipinski definition) is 8. The lowest BCUT2D eigenvalue weighted by Crippen LogP contribution is -2.58. The Hall–Kier alpha value is -2.06. The van der Waals surface area contributed by atoms with Crippen LogP contribution < -0.4 is 0 Å². The van der Waals surface area contributed by atoms with E-state index < -0.39 is 74.3 Å². The fourth-order valence-corrected chi connectivity index (χ4v) is 3.39. The van der Waals surface area contributed by atoms with Gasteiger partial charge in [-0.1, -0.05) is 23.7 Å². The summed E-state index contributed by atoms with van der Waals surface area (Å²) in [5.41, 5.74) is 1.08. The maximum atomic E-state index is 10.0. The van der Waals surface area contributed by atoms with Gasteiger partial charge >= 0.3 is 0 Å². The first-order valence-electron chi connectivity index (χ1n) is 10.0. The minimum atomic E-state index is -1.50. The van der Waals surface area contributed by atoms with Gasteiger partial charge in [0, 0.05) is 11.1 Å². The van der Waals surface area contributed by atoms with Crippen molar-refractivity contribution in [2.75, 3.05) is 13.2 Å². The van der Waals surface area contributed by atoms with Crippen LogP contribution in [0.15, 0.2) is 24.3 Å². The highest BCUT2D eigenvalue weighted by Gasteiger charge is 2.43. The van der Waals surface area contributed by atoms with Crippen LogP contribution >= 0.6 is 0 Å². The van der Waals surface area contributed by atoms with Crippen LogP contribution in [-0.2, 0) is 9.47 Å². The molecular formula is C22H26O10. The number of rotatable bonds is 2. The number of ether oxygens (including phenoxy) is 2. The monoisotopic (exact) mass is 450 g/mol. The van der Waals surface area contributed by atoms with Crippen LogP contribution in [0.3, 0.4) is 0 Å². The molecule has 10 nitrogen and oxygen atoms in total. The highest BCUT2D eigenvalue weighted by atomic mass is 16.5. The third-order valence-corrected chi connectivity index (χ3v) is 5.39. The first-order valence-corrected chi connectivity index (χ1v) is 10.0. The molecular weight excluding hydrogens is 424 g/mol. The number of hydrogen-bond acceptors (Lipinski definition) is 10. The lowest BCUT2D eigenvalue weighted by Gasteiger charge is -2.37. The Balaban J connectivity index is 1.67. The Morgan fingerprint density at radius 1 is 0.562 bits per heavy atom. The predicted octanol–water partition coefficient (Wildman–Crippen LogP) is -3.93. The van der Waals surface area contributed by atoms with Gasteiger partial charge in [0.1, 0.15) is 61.0 Å². The van der Waals surface area contributed by atoms with E-state index in [1.165, 1.54) is 0 Å². The predicted molar refractivity (Wildman–Crippen MR) is 108 cm³/mol. The molecule has 2 aliphatic rings. The number of aliphatic hydroxyl groups is 8. The van der Waals surface area contributed by atoms with Crippen molar-refractivity contribution < 1.29 is 50.3 Å². The van der Waals surface area contributed by atoms with E-state index in [2.05, 4.69) is 23.7 Å². The van der Waals surface area contributed by atoms with Crippen LogP contribution in [0.1, 0.15) is 11.1 Å². The van der Waals surface area contributed by atoms with Crippen LogP contribution in [0.25, 0.3) is 0 Å². The van der Waals surface area contributed by atoms with Gasteiger partial charge in [0.2, 0.25) is 0 Å². The van der Waals surface area contributed by atoms with Crippen LogP contribution in [0, 0.1) is 23.7 Å². The van der Waals surface area contributed by atoms with E-state index in [1.54, 1.807) is 24.3 Å². The van der Waals surface area contributed by atoms with Crippen LogP contribution in [0.2, 0.25) is 0 Å². The van der Waals surface area contributed by atoms with Gasteiger partial charge in [-0.15, -0.1) is 0 Å². The van der Waals surface area contributed by atoms with E-state index >= 15 is 0 Å². The molecule has 8 N–H and O–H groups in total. The largest absolute Gasteiger partial charge is 0.394 e. The van der Waals surface area contributed by atoms with Crippen molar-refractivity contribution in [2.24, 2.45) is 0 Å². The summed E-state index contributed by atoms with van der Waals surface area (Å²) < 4.78 is 10.7. The minimum Gasteiger partial charge on any atom is -0.394 e. The van der Waals surface area contributed by atoms with Gasteiger partial charge < -0.3 is 50.3 Å². The van der Waals surface area contributed by atoms with Gasteiger partial charge in [-0.2, -0.15) is 0 Å². The molecule has 0 radical (unpaired) electrons. The first kappa shape index (κ1) is 24.6. The summed E-state index contributed by atoms with van der Waals surface area (Å²) in [6.07, 6.45) is -13.1. The van der Waals surface area contributed by atoms with Crippen LogP contribution in [0.5, 0.6) is 0 Å². The summed E-state index contributed by atoms with van der Waals surface area (Å²) in [7, 11) is 0. The molecule has 2 fully saturated rings. The van der Waals surface area contributed by atoms with Crippen molar-refractivity contribution in [3.05, 3.63) is 35.4 Å². The Morgan fingerprint density at radius 2 is 0.906 bits per heavy atom. The third kappa shape index (κ3) is 5.29. The minimum absolute atomic E-state index is 0.537. The molecule has 0 amide bonds. The lowest BCUT2D eigenvalue weighted by atomic mass is 9.95. The van der Waals surface area contributed by atoms with Crippen molar-refractivity contribution in [1.82, 2.24) is 0 Å². The normalized spacial score (nSPS) is 39.4. The summed E-state index contributed by atoms with van der Waals surface area (Å²) in [4.78, 5) is 0. The molecule has 10 heteroatoms. The molecule has 2 heterocycles. The lowest BCUT2D eigenvalue weighted by molar-refractivity contribution is -0.214. The average Bonchev–Trinajstić information content (AvgIpc) is 2.81. The Kier molecular flexibility index (Phi) is 8.22. The average molecular weight is 450 g/mol. The quantitative estimate of drug-likeness (QED) is 0.207. The standard InChI is InChI=1S/C22H26O10/c23-9-15-19(27)21(29)17(25)13(31-15)7-5-11-1-2-12(4-3-11)6-8-14-18(26)22(30)20(28)16(10-24)32-14/h1-4,13-30H,9-10H2/t13-,14?,15?,16?,17?,18?,19-,20-,21-,22?/m1/s1. The topological polar surface area (TPSA) is 180 Å². The van der Waals surface area contributed by atoms with Crippen LogP contribution in [0.4, 0.5) is 0 Å². The second kappa shape index (κ2) is 10.7. The summed E-state index contributed by atoms with van der Waals surface area (Å²) >= 11 is 0. The summed E-state index contributed by atoms with van der Waals surface area (Å²) in [6, 6.07) is 6.53. The number of benzene rings is 1. The second-order valence-electron chi connectivity index (χ2n) is 7.61. The number of aliphatic hydroxyl groups excluding tert-OH is 8. The maximum Gasteiger partial charge on any atom is 0.147 e. The maximum absolute atomic E-state index is 10.0. The summed E-state index contributed by atoms with van der Waals surface area (Å²) in [5, 5.41) is 77.6. The molecule has 6 unspecified atom stereocenters. The van der Waals surface area contributed by atoms with Crippen molar-refractivity contribution in [3.63, 3.8) is 0 Å². The zero-order valence-corrected chi connectivity index (χ0v) is 16.9. The molecule has 1 aromatic rings. The van der Waals surface area contributed by atoms with E-state index in [0.29, 0.717) is 11.1 Å². The van der Waals surface area contributed by atoms with E-state index in [0.717, 1.165) is 0 Å². The Bertz CT molecular complexity index is 805. The van der Waals surface area contributed by atoms with Gasteiger partial charge in [-0.05, 0) is 24.3 Å². The van der Waals surface area contributed by atoms with Gasteiger partial charge in [-0.3, -0.25) is 0 Å². The molecule has 0 aliphatic carbocycles. The molecule has 0 spiro atoms. The fourth-order valence-electron chi connectivity index (χ4n) is 3.39. The van der Waals surface area contributed by atoms with Gasteiger partial charge in [0.05, 0.1) is 13.2 Å². The third-order valence-electron chi connectivity index (χ3n) is 5.39. The second-order valence-corrected chi connectivity index (χ2v) is 7.61. The molecule has 10 atom stereocenters. The molecule has 1 aromatic carbocycles. The Labute approximate surface area is 184 Å². The molecule has 32 heavy (non-hydrogen) atoms. The molecule has 3 rings (SSSR count). The molecule has 0 aromatic heterocycles. The SMILES string of the molecule is OCC1OC(C#Cc2ccc(C#C[C@H]3OC(CO)[C@@H](O)[C@H](O)C3O)cc2)C(O)C(O)[C@@H]1O. The summed E-state index contributed by atoms with van der Waals surface area (Å²) in [6.45, 7) is -1.07. The zero-order valence-electron chi connectivity index (χ0n) is 16.9. The van der Waals surface area contributed by atoms with Gasteiger partial charge in [-0.25, -0.2) is 0 Å². The van der Waals surface area contributed by atoms with Crippen LogP contribution in [-0.4, -0.2) is 115 Å². The zero-order chi connectivity index (χ0) is 23.4. The Morgan fingerprint density at radius 3 is 1.22 bits per heavy atom. The molecule has 0 bridgehead atoms. The highest BCUT2D eigenvalue weighted by molar-refractivity contribution is 5.43. The molecule has 2 saturated heterocycles. The molecule has 0 saturated carbocycles. The van der Waals surface area contributed by atoms with Crippen molar-refractivity contribution in [3.8, 4) is 23.7 Å². The van der Waals surface area contributed by atoms with E-state index in [4.69, 9.17) is 9.47 Å². The van der Waals surface area contributed by atoms with Crippen molar-refractivity contribution in [1.29, 1.82) is 0 Å². The molecule has 2 aliphatic heterocycles. The van der Waals surface area contributed by atoms with Gasteiger partial charge in [0.25, 0.3) is 0 Å². The van der Waals surface area contributed by atoms with E-state index in [1.807, 2.05) is 0 Å². The highest BCUT2D eigenvalue weighted by Crippen LogP contribution is 2.22. The first-order chi connectivity index (χ1) is 15.3. The van der Waals surface area contributed by atoms with E-state index in [9.17, 15) is 40.9 Å². The van der Waals surface area contributed by atoms with Crippen molar-refractivity contribution >= 4 is 0 Å². The fraction of sp³-hybridized carbons (Fsp3) is 0.545. The summed E-state index contributed by atoms with van der Waals surface area (Å²) in [5.74, 6) is 10.9. The smallest absolute Gasteiger partial charge is 0.147 e. The van der Waals surface area contributed by atoms with Gasteiger partial charge in [0.15, 0.2) is 0 Å².